The molecule has 0 saturated heterocycles. The van der Waals surface area contributed by atoms with Crippen LogP contribution in [0.1, 0.15) is 0 Å². The van der Waals surface area contributed by atoms with E-state index in [0.717, 1.165) is 5.72 Å². The fourth-order valence-electron chi connectivity index (χ4n) is 0. The van der Waals surface area contributed by atoms with Gasteiger partial charge in [-0.1, -0.05) is 0 Å². The Morgan fingerprint density at radius 1 is 0.857 bits per heavy atom. The van der Waals surface area contributed by atoms with E-state index in [0.29, 0.717) is 0 Å². The second-order valence-electron chi connectivity index (χ2n) is 0.167. The topological polar surface area (TPSA) is 0 Å². The second kappa shape index (κ2) is 37.2. The van der Waals surface area contributed by atoms with Gasteiger partial charge < -0.3 is 0 Å². The predicted octanol–water partition coefficient (Wildman–Crippen LogP) is -2.67. The van der Waals surface area contributed by atoms with Gasteiger partial charge in [0.05, 0.1) is 0 Å². The van der Waals surface area contributed by atoms with Gasteiger partial charge in [0.15, 0.2) is 0 Å². The number of hydrogen-bond donors (Lipinski definition) is 0. The van der Waals surface area contributed by atoms with Gasteiger partial charge in [0.2, 0.25) is 0 Å². The molecule has 0 aromatic heterocycles. The minimum absolute atomic E-state index is 0.917. The van der Waals surface area contributed by atoms with Crippen molar-refractivity contribution in [3.63, 3.8) is 0 Å². The van der Waals surface area contributed by atoms with Gasteiger partial charge in [-0.3, -0.25) is 0 Å². The first kappa shape index (κ1) is 16.4. The van der Waals surface area contributed by atoms with E-state index in [9.17, 15) is 0 Å². The van der Waals surface area contributed by atoms with Gasteiger partial charge >= 0.3 is 82.1 Å². The van der Waals surface area contributed by atoms with E-state index in [1.165, 1.54) is 0 Å². The van der Waals surface area contributed by atoms with Crippen molar-refractivity contribution in [1.82, 2.24) is 0 Å². The van der Waals surface area contributed by atoms with Crippen LogP contribution in [0.2, 0.25) is 0 Å². The van der Waals surface area contributed by atoms with E-state index in [4.69, 9.17) is 0 Å². The summed E-state index contributed by atoms with van der Waals surface area (Å²) in [5.41, 5.74) is 0.917. The van der Waals surface area contributed by atoms with Crippen LogP contribution in [0, 0.1) is 0 Å². The van der Waals surface area contributed by atoms with Crippen molar-refractivity contribution in [3.05, 3.63) is 0 Å². The van der Waals surface area contributed by atoms with E-state index in [-0.39, 0.29) is 0 Å². The summed E-state index contributed by atoms with van der Waals surface area (Å²) in [6, 6.07) is 0. The van der Waals surface area contributed by atoms with Crippen molar-refractivity contribution in [2.24, 2.45) is 0 Å². The van der Waals surface area contributed by atoms with Crippen LogP contribution in [0.5, 0.6) is 0 Å². The van der Waals surface area contributed by atoms with E-state index >= 15 is 0 Å². The first-order chi connectivity index (χ1) is 3.41. The van der Waals surface area contributed by atoms with E-state index in [1.807, 2.05) is 0 Å². The van der Waals surface area contributed by atoms with Crippen LogP contribution in [0.3, 0.4) is 0 Å². The third kappa shape index (κ3) is 52.2. The molecule has 0 heterocycles. The molecule has 24 valence electrons. The summed E-state index contributed by atoms with van der Waals surface area (Å²) in [6.45, 7) is 0. The average molecular weight is 192 g/mol. The van der Waals surface area contributed by atoms with E-state index in [2.05, 4.69) is 76.4 Å². The molecule has 0 rings (SSSR count). The Hall–Kier alpha value is 2.78. The molecule has 0 nitrogen and oxygen atoms in total. The number of rotatable bonds is 0. The Kier molecular flexibility index (Phi) is 87.1. The van der Waals surface area contributed by atoms with Gasteiger partial charge in [-0.25, -0.2) is 0 Å². The summed E-state index contributed by atoms with van der Waals surface area (Å²) in [5, 5.41) is 0. The summed E-state index contributed by atoms with van der Waals surface area (Å²) in [4.78, 5) is 0. The Morgan fingerprint density at radius 2 is 0.857 bits per heavy atom. The zero-order chi connectivity index (χ0) is 6.71. The fourth-order valence-corrected chi connectivity index (χ4v) is 0. The monoisotopic (exact) mass is 192 g/mol. The van der Waals surface area contributed by atoms with Crippen molar-refractivity contribution in [2.75, 3.05) is 0 Å². The van der Waals surface area contributed by atoms with Crippen molar-refractivity contribution >= 4 is 82.1 Å². The first-order valence-electron chi connectivity index (χ1n) is 1.15. The molecule has 0 aliphatic rings. The molecule has 0 N–H and O–H groups in total. The molecular formula is Al4Si3. The summed E-state index contributed by atoms with van der Waals surface area (Å²) in [7, 11) is 5.78. The van der Waals surface area contributed by atoms with Gasteiger partial charge in [-0.2, -0.15) is 0 Å². The zero-order valence-corrected chi connectivity index (χ0v) is 11.4. The number of hydrogen-bond acceptors (Lipinski definition) is 0. The third-order valence-corrected chi connectivity index (χ3v) is 0. The fraction of sp³-hybridized carbons (Fsp3) is 0. The van der Waals surface area contributed by atoms with Crippen LogP contribution in [-0.2, 0) is 0 Å². The van der Waals surface area contributed by atoms with Gasteiger partial charge in [-0.05, 0) is 0 Å². The Bertz CT molecular complexity index is 67.4. The molecule has 7 heavy (non-hydrogen) atoms. The van der Waals surface area contributed by atoms with Crippen LogP contribution in [-0.4, -0.2) is 82.1 Å². The summed E-state index contributed by atoms with van der Waals surface area (Å²) in [5.74, 6) is 0. The predicted molar refractivity (Wildman–Crippen MR) is 40.3 cm³/mol. The Morgan fingerprint density at radius 3 is 0.857 bits per heavy atom. The molecule has 0 spiro atoms. The normalized spacial score (nSPS) is 2.29. The molecule has 0 atom stereocenters. The molecular weight excluding hydrogens is 192 g/mol. The summed E-state index contributed by atoms with van der Waals surface area (Å²) < 4.78 is 0. The molecule has 0 aromatic rings. The standard InChI is InChI=1S/4Al.3Si. The van der Waals surface area contributed by atoms with Gasteiger partial charge in [0.1, 0.15) is 0 Å². The molecule has 0 fully saturated rings. The average Bonchev–Trinajstić information content (AvgIpc) is 1.78. The van der Waals surface area contributed by atoms with Crippen LogP contribution in [0.4, 0.5) is 0 Å². The maximum atomic E-state index is 2.89. The van der Waals surface area contributed by atoms with E-state index < -0.39 is 0 Å². The molecule has 0 amide bonds. The Balaban J connectivity index is -0.0000000360. The quantitative estimate of drug-likeness (QED) is 0.367. The van der Waals surface area contributed by atoms with Crippen molar-refractivity contribution in [3.8, 4) is 0 Å². The molecule has 4 radical (unpaired) electrons. The van der Waals surface area contributed by atoms with Crippen LogP contribution >= 0.6 is 0 Å². The molecule has 0 bridgehead atoms. The van der Waals surface area contributed by atoms with Crippen molar-refractivity contribution < 1.29 is 0 Å². The molecule has 0 unspecified atom stereocenters. The SMILES string of the molecule is [Al]#[Si].[Al]#[Si].[Al]=[Si]=[Al]. The third-order valence-electron chi connectivity index (χ3n) is 0. The summed E-state index contributed by atoms with van der Waals surface area (Å²) in [6.07, 6.45) is 0. The zero-order valence-electron chi connectivity index (χ0n) is 3.81. The molecule has 0 aliphatic carbocycles. The molecule has 0 aliphatic heterocycles. The summed E-state index contributed by atoms with van der Waals surface area (Å²) >= 11 is 9.58. The minimum atomic E-state index is 0.917. The van der Waals surface area contributed by atoms with Crippen LogP contribution in [0.15, 0.2) is 0 Å². The van der Waals surface area contributed by atoms with Crippen molar-refractivity contribution in [2.45, 2.75) is 0 Å². The van der Waals surface area contributed by atoms with Gasteiger partial charge in [-0.15, -0.1) is 0 Å². The molecule has 0 saturated carbocycles. The molecule has 7 heteroatoms. The first-order valence-corrected chi connectivity index (χ1v) is 10.4. The van der Waals surface area contributed by atoms with Gasteiger partial charge in [0, 0.05) is 0 Å². The van der Waals surface area contributed by atoms with Gasteiger partial charge in [0.25, 0.3) is 0 Å². The van der Waals surface area contributed by atoms with Crippen LogP contribution in [0.25, 0.3) is 0 Å². The van der Waals surface area contributed by atoms with Crippen LogP contribution < -0.4 is 0 Å². The molecule has 0 aromatic carbocycles. The van der Waals surface area contributed by atoms with E-state index in [1.54, 1.807) is 0 Å². The van der Waals surface area contributed by atoms with Crippen molar-refractivity contribution in [1.29, 1.82) is 0 Å². The Labute approximate surface area is 81.0 Å². The maximum absolute atomic E-state index is 2.89. The second-order valence-corrected chi connectivity index (χ2v) is 4.50.